The predicted molar refractivity (Wildman–Crippen MR) is 147 cm³/mol. The lowest BCUT2D eigenvalue weighted by Crippen LogP contribution is -2.44. The van der Waals surface area contributed by atoms with E-state index in [9.17, 15) is 14.7 Å². The van der Waals surface area contributed by atoms with Gasteiger partial charge in [-0.15, -0.1) is 0 Å². The van der Waals surface area contributed by atoms with Crippen molar-refractivity contribution in [3.8, 4) is 11.4 Å². The van der Waals surface area contributed by atoms with Crippen molar-refractivity contribution in [3.63, 3.8) is 0 Å². The lowest BCUT2D eigenvalue weighted by molar-refractivity contribution is 0.0983. The van der Waals surface area contributed by atoms with E-state index < -0.39 is 6.09 Å². The van der Waals surface area contributed by atoms with Gasteiger partial charge in [0.15, 0.2) is 5.82 Å². The van der Waals surface area contributed by atoms with E-state index in [1.165, 1.54) is 10.5 Å². The summed E-state index contributed by atoms with van der Waals surface area (Å²) in [6, 6.07) is 8.07. The number of nitrogens with zero attached hydrogens (tertiary/aromatic N) is 5. The van der Waals surface area contributed by atoms with Gasteiger partial charge >= 0.3 is 12.1 Å². The van der Waals surface area contributed by atoms with Crippen LogP contribution in [0.2, 0.25) is 0 Å². The number of rotatable bonds is 6. The van der Waals surface area contributed by atoms with Gasteiger partial charge < -0.3 is 30.3 Å². The molecule has 1 saturated carbocycles. The standard InChI is InChI=1S/C28H37N7O4/c1-18-17-39-13-12-35(18)26-23-15-33(14-19-8-10-34(11-9-19)28(37)38)16-24(23)31-25(32-26)20-2-4-21(5-3-20)29-27(36)30-22-6-7-22/h2-5,18-19,22H,6-17H2,1H3,(H,37,38)(H2,29,30,36). The Morgan fingerprint density at radius 1 is 1.05 bits per heavy atom. The number of likely N-dealkylation sites (tertiary alicyclic amines) is 1. The molecule has 11 heteroatoms. The summed E-state index contributed by atoms with van der Waals surface area (Å²) in [5, 5.41) is 15.1. The number of carbonyl (C=O) groups is 2. The molecule has 2 aromatic rings. The number of ether oxygens (including phenoxy) is 1. The molecule has 208 valence electrons. The van der Waals surface area contributed by atoms with Crippen LogP contribution < -0.4 is 15.5 Å². The maximum absolute atomic E-state index is 12.1. The van der Waals surface area contributed by atoms with Crippen LogP contribution >= 0.6 is 0 Å². The third-order valence-corrected chi connectivity index (χ3v) is 8.18. The van der Waals surface area contributed by atoms with Crippen LogP contribution in [0.15, 0.2) is 24.3 Å². The highest BCUT2D eigenvalue weighted by atomic mass is 16.5. The first-order valence-corrected chi connectivity index (χ1v) is 14.1. The van der Waals surface area contributed by atoms with Gasteiger partial charge in [0.05, 0.1) is 24.9 Å². The molecule has 1 aliphatic carbocycles. The van der Waals surface area contributed by atoms with Gasteiger partial charge in [-0.05, 0) is 62.8 Å². The van der Waals surface area contributed by atoms with Crippen LogP contribution in [0, 0.1) is 5.92 Å². The molecule has 1 aromatic heterocycles. The van der Waals surface area contributed by atoms with Gasteiger partial charge in [0.25, 0.3) is 0 Å². The number of hydrogen-bond acceptors (Lipinski definition) is 7. The van der Waals surface area contributed by atoms with Crippen LogP contribution in [0.25, 0.3) is 11.4 Å². The number of anilines is 2. The molecule has 0 bridgehead atoms. The number of amides is 3. The zero-order valence-corrected chi connectivity index (χ0v) is 22.4. The van der Waals surface area contributed by atoms with Crippen molar-refractivity contribution in [2.24, 2.45) is 5.92 Å². The van der Waals surface area contributed by atoms with Gasteiger partial charge in [-0.1, -0.05) is 0 Å². The topological polar surface area (TPSA) is 123 Å². The van der Waals surface area contributed by atoms with Gasteiger partial charge in [0.1, 0.15) is 5.82 Å². The Morgan fingerprint density at radius 3 is 2.51 bits per heavy atom. The molecule has 1 aromatic carbocycles. The van der Waals surface area contributed by atoms with E-state index in [0.29, 0.717) is 44.1 Å². The van der Waals surface area contributed by atoms with Gasteiger partial charge in [-0.25, -0.2) is 19.6 Å². The zero-order valence-electron chi connectivity index (χ0n) is 22.4. The first-order chi connectivity index (χ1) is 18.9. The number of carbonyl (C=O) groups excluding carboxylic acids is 1. The molecule has 6 rings (SSSR count). The zero-order chi connectivity index (χ0) is 26.9. The second-order valence-electron chi connectivity index (χ2n) is 11.2. The van der Waals surface area contributed by atoms with Crippen molar-refractivity contribution < 1.29 is 19.4 Å². The number of hydrogen-bond donors (Lipinski definition) is 3. The normalized spacial score (nSPS) is 22.0. The number of morpholine rings is 1. The summed E-state index contributed by atoms with van der Waals surface area (Å²) in [4.78, 5) is 39.8. The number of benzene rings is 1. The van der Waals surface area contributed by atoms with E-state index >= 15 is 0 Å². The van der Waals surface area contributed by atoms with Crippen LogP contribution in [0.1, 0.15) is 43.9 Å². The molecule has 1 unspecified atom stereocenters. The van der Waals surface area contributed by atoms with Crippen LogP contribution in [0.3, 0.4) is 0 Å². The SMILES string of the molecule is CC1COCCN1c1nc(-c2ccc(NC(=O)NC3CC3)cc2)nc2c1CN(CC1CCN(C(=O)O)CC1)C2. The summed E-state index contributed by atoms with van der Waals surface area (Å²) in [7, 11) is 0. The minimum absolute atomic E-state index is 0.170. The average molecular weight is 536 g/mol. The van der Waals surface area contributed by atoms with Crippen LogP contribution in [-0.2, 0) is 17.8 Å². The van der Waals surface area contributed by atoms with E-state index in [1.807, 2.05) is 24.3 Å². The van der Waals surface area contributed by atoms with E-state index in [4.69, 9.17) is 14.7 Å². The minimum atomic E-state index is -0.820. The molecule has 39 heavy (non-hydrogen) atoms. The Kier molecular flexibility index (Phi) is 7.26. The van der Waals surface area contributed by atoms with Crippen LogP contribution in [0.5, 0.6) is 0 Å². The Balaban J connectivity index is 1.20. The number of urea groups is 1. The molecule has 2 saturated heterocycles. The summed E-state index contributed by atoms with van der Waals surface area (Å²) in [6.07, 6.45) is 3.06. The number of fused-ring (bicyclic) bond motifs is 1. The molecular weight excluding hydrogens is 498 g/mol. The van der Waals surface area contributed by atoms with E-state index in [0.717, 1.165) is 74.6 Å². The van der Waals surface area contributed by atoms with Gasteiger partial charge in [0, 0.05) is 62.1 Å². The molecule has 0 radical (unpaired) electrons. The molecule has 3 amide bonds. The van der Waals surface area contributed by atoms with E-state index in [2.05, 4.69) is 27.4 Å². The Morgan fingerprint density at radius 2 is 1.82 bits per heavy atom. The molecule has 3 fully saturated rings. The van der Waals surface area contributed by atoms with Crippen LogP contribution in [0.4, 0.5) is 21.1 Å². The summed E-state index contributed by atoms with van der Waals surface area (Å²) < 4.78 is 5.71. The highest BCUT2D eigenvalue weighted by Gasteiger charge is 2.33. The maximum atomic E-state index is 12.1. The van der Waals surface area contributed by atoms with E-state index in [-0.39, 0.29) is 12.1 Å². The summed E-state index contributed by atoms with van der Waals surface area (Å²) in [5.41, 5.74) is 3.89. The molecule has 4 aliphatic rings. The number of piperidine rings is 1. The fourth-order valence-corrected chi connectivity index (χ4v) is 5.79. The average Bonchev–Trinajstić information content (AvgIpc) is 3.65. The molecule has 11 nitrogen and oxygen atoms in total. The Bertz CT molecular complexity index is 1210. The highest BCUT2D eigenvalue weighted by Crippen LogP contribution is 2.34. The first-order valence-electron chi connectivity index (χ1n) is 14.1. The monoisotopic (exact) mass is 535 g/mol. The Hall–Kier alpha value is -3.44. The van der Waals surface area contributed by atoms with Gasteiger partial charge in [-0.3, -0.25) is 4.90 Å². The van der Waals surface area contributed by atoms with Crippen molar-refractivity contribution in [1.29, 1.82) is 0 Å². The fraction of sp³-hybridized carbons (Fsp3) is 0.571. The molecular formula is C28H37N7O4. The molecule has 3 N–H and O–H groups in total. The van der Waals surface area contributed by atoms with Gasteiger partial charge in [0.2, 0.25) is 0 Å². The van der Waals surface area contributed by atoms with Crippen molar-refractivity contribution in [2.45, 2.75) is 57.8 Å². The quantitative estimate of drug-likeness (QED) is 0.515. The smallest absolute Gasteiger partial charge is 0.407 e. The molecule has 3 aliphatic heterocycles. The van der Waals surface area contributed by atoms with Crippen LogP contribution in [-0.4, -0.2) is 88.5 Å². The van der Waals surface area contributed by atoms with Gasteiger partial charge in [-0.2, -0.15) is 0 Å². The van der Waals surface area contributed by atoms with Crippen molar-refractivity contribution in [1.82, 2.24) is 25.1 Å². The lowest BCUT2D eigenvalue weighted by Gasteiger charge is -2.35. The lowest BCUT2D eigenvalue weighted by atomic mass is 9.96. The minimum Gasteiger partial charge on any atom is -0.465 e. The maximum Gasteiger partial charge on any atom is 0.407 e. The van der Waals surface area contributed by atoms with E-state index in [1.54, 1.807) is 0 Å². The predicted octanol–water partition coefficient (Wildman–Crippen LogP) is 3.36. The number of aromatic nitrogens is 2. The molecule has 4 heterocycles. The number of nitrogens with one attached hydrogen (secondary N) is 2. The van der Waals surface area contributed by atoms with Crippen molar-refractivity contribution in [2.75, 3.05) is 49.6 Å². The Labute approximate surface area is 228 Å². The summed E-state index contributed by atoms with van der Waals surface area (Å²) >= 11 is 0. The third-order valence-electron chi connectivity index (χ3n) is 8.18. The van der Waals surface area contributed by atoms with Crippen molar-refractivity contribution >= 4 is 23.6 Å². The highest BCUT2D eigenvalue weighted by molar-refractivity contribution is 5.89. The summed E-state index contributed by atoms with van der Waals surface area (Å²) in [6.45, 7) is 8.00. The largest absolute Gasteiger partial charge is 0.465 e. The second-order valence-corrected chi connectivity index (χ2v) is 11.2. The fourth-order valence-electron chi connectivity index (χ4n) is 5.79. The number of carboxylic acid groups (broad SMARTS) is 1. The molecule has 0 spiro atoms. The summed E-state index contributed by atoms with van der Waals surface area (Å²) in [5.74, 6) is 2.15. The first kappa shape index (κ1) is 25.8. The van der Waals surface area contributed by atoms with Crippen molar-refractivity contribution in [3.05, 3.63) is 35.5 Å². The second kappa shape index (κ2) is 11.0. The molecule has 1 atom stereocenters. The third kappa shape index (κ3) is 5.94.